The molecule has 4 heterocycles. The Morgan fingerprint density at radius 2 is 1.73 bits per heavy atom. The van der Waals surface area contributed by atoms with E-state index >= 15 is 0 Å². The van der Waals surface area contributed by atoms with Gasteiger partial charge in [0.15, 0.2) is 0 Å². The van der Waals surface area contributed by atoms with E-state index in [4.69, 9.17) is 16.7 Å². The van der Waals surface area contributed by atoms with Crippen molar-refractivity contribution in [2.45, 2.75) is 58.3 Å². The molecule has 2 aliphatic heterocycles. The SMILES string of the molecule is Clc1cnn(CCN2CCCn3nc(CN4CCCCCC4)cc3C2)c1. The van der Waals surface area contributed by atoms with Crippen LogP contribution in [0.5, 0.6) is 0 Å². The number of fused-ring (bicyclic) bond motifs is 1. The van der Waals surface area contributed by atoms with Crippen molar-refractivity contribution in [3.8, 4) is 0 Å². The number of rotatable bonds is 5. The van der Waals surface area contributed by atoms with Crippen LogP contribution in [0.25, 0.3) is 0 Å². The summed E-state index contributed by atoms with van der Waals surface area (Å²) in [6, 6.07) is 2.33. The van der Waals surface area contributed by atoms with Gasteiger partial charge < -0.3 is 0 Å². The second-order valence-electron chi connectivity index (χ2n) is 7.59. The fourth-order valence-electron chi connectivity index (χ4n) is 4.08. The summed E-state index contributed by atoms with van der Waals surface area (Å²) in [6.07, 6.45) is 10.2. The van der Waals surface area contributed by atoms with Crippen LogP contribution in [0.3, 0.4) is 0 Å². The first-order chi connectivity index (χ1) is 12.8. The van der Waals surface area contributed by atoms with Gasteiger partial charge in [0, 0.05) is 38.9 Å². The summed E-state index contributed by atoms with van der Waals surface area (Å²) in [5.41, 5.74) is 2.59. The smallest absolute Gasteiger partial charge is 0.0785 e. The van der Waals surface area contributed by atoms with Gasteiger partial charge in [-0.05, 0) is 38.4 Å². The number of hydrogen-bond acceptors (Lipinski definition) is 4. The van der Waals surface area contributed by atoms with Crippen LogP contribution < -0.4 is 0 Å². The molecule has 2 aromatic rings. The molecule has 0 unspecified atom stereocenters. The maximum absolute atomic E-state index is 5.96. The lowest BCUT2D eigenvalue weighted by molar-refractivity contribution is 0.253. The number of likely N-dealkylation sites (tertiary alicyclic amines) is 1. The molecular weight excluding hydrogens is 348 g/mol. The minimum atomic E-state index is 0.706. The van der Waals surface area contributed by atoms with Gasteiger partial charge in [-0.2, -0.15) is 10.2 Å². The Kier molecular flexibility index (Phi) is 5.92. The first-order valence-electron chi connectivity index (χ1n) is 9.94. The Morgan fingerprint density at radius 3 is 2.50 bits per heavy atom. The number of aromatic nitrogens is 4. The molecule has 4 rings (SSSR count). The van der Waals surface area contributed by atoms with Crippen molar-refractivity contribution in [1.29, 1.82) is 0 Å². The zero-order valence-corrected chi connectivity index (χ0v) is 16.2. The van der Waals surface area contributed by atoms with Crippen molar-refractivity contribution in [2.75, 3.05) is 26.2 Å². The molecule has 0 spiro atoms. The lowest BCUT2D eigenvalue weighted by Crippen LogP contribution is -2.27. The predicted octanol–water partition coefficient (Wildman–Crippen LogP) is 3.01. The minimum Gasteiger partial charge on any atom is -0.297 e. The van der Waals surface area contributed by atoms with Crippen LogP contribution in [-0.4, -0.2) is 55.5 Å². The molecule has 142 valence electrons. The van der Waals surface area contributed by atoms with Crippen LogP contribution in [0.2, 0.25) is 5.02 Å². The molecule has 2 aliphatic rings. The van der Waals surface area contributed by atoms with E-state index < -0.39 is 0 Å². The molecule has 0 amide bonds. The van der Waals surface area contributed by atoms with E-state index in [0.29, 0.717) is 5.02 Å². The summed E-state index contributed by atoms with van der Waals surface area (Å²) < 4.78 is 4.16. The molecule has 6 nitrogen and oxygen atoms in total. The maximum atomic E-state index is 5.96. The number of nitrogens with zero attached hydrogens (tertiary/aromatic N) is 6. The van der Waals surface area contributed by atoms with Gasteiger partial charge in [0.2, 0.25) is 0 Å². The summed E-state index contributed by atoms with van der Waals surface area (Å²) in [7, 11) is 0. The van der Waals surface area contributed by atoms with Gasteiger partial charge in [0.05, 0.1) is 29.2 Å². The molecule has 1 saturated heterocycles. The topological polar surface area (TPSA) is 42.1 Å². The third-order valence-corrected chi connectivity index (χ3v) is 5.67. The van der Waals surface area contributed by atoms with Gasteiger partial charge in [0.1, 0.15) is 0 Å². The predicted molar refractivity (Wildman–Crippen MR) is 103 cm³/mol. The molecule has 7 heteroatoms. The van der Waals surface area contributed by atoms with Crippen LogP contribution in [0.4, 0.5) is 0 Å². The monoisotopic (exact) mass is 376 g/mol. The van der Waals surface area contributed by atoms with Gasteiger partial charge in [-0.1, -0.05) is 24.4 Å². The van der Waals surface area contributed by atoms with E-state index in [-0.39, 0.29) is 0 Å². The summed E-state index contributed by atoms with van der Waals surface area (Å²) in [6.45, 7) is 8.43. The number of aryl methyl sites for hydroxylation is 1. The molecule has 0 aliphatic carbocycles. The second-order valence-corrected chi connectivity index (χ2v) is 8.03. The summed E-state index contributed by atoms with van der Waals surface area (Å²) in [5.74, 6) is 0. The molecule has 0 saturated carbocycles. The first-order valence-corrected chi connectivity index (χ1v) is 10.3. The third-order valence-electron chi connectivity index (χ3n) is 5.48. The molecule has 0 N–H and O–H groups in total. The molecule has 0 radical (unpaired) electrons. The molecule has 0 aromatic carbocycles. The maximum Gasteiger partial charge on any atom is 0.0785 e. The normalized spacial score (nSPS) is 19.9. The van der Waals surface area contributed by atoms with Gasteiger partial charge >= 0.3 is 0 Å². The quantitative estimate of drug-likeness (QED) is 0.804. The standard InChI is InChI=1S/C19H29ClN6/c20-17-13-21-25(14-17)11-10-24-8-5-9-26-19(16-24)12-18(22-26)15-23-6-3-1-2-4-7-23/h12-14H,1-11,15-16H2. The molecule has 1 fully saturated rings. The van der Waals surface area contributed by atoms with E-state index in [1.54, 1.807) is 6.20 Å². The highest BCUT2D eigenvalue weighted by atomic mass is 35.5. The number of hydrogen-bond donors (Lipinski definition) is 0. The highest BCUT2D eigenvalue weighted by Crippen LogP contribution is 2.17. The Bertz CT molecular complexity index is 701. The third kappa shape index (κ3) is 4.67. The van der Waals surface area contributed by atoms with E-state index in [9.17, 15) is 0 Å². The van der Waals surface area contributed by atoms with Crippen molar-refractivity contribution in [2.24, 2.45) is 0 Å². The van der Waals surface area contributed by atoms with Crippen molar-refractivity contribution in [3.63, 3.8) is 0 Å². The zero-order valence-electron chi connectivity index (χ0n) is 15.5. The fourth-order valence-corrected chi connectivity index (χ4v) is 4.24. The van der Waals surface area contributed by atoms with E-state index in [1.807, 2.05) is 10.9 Å². The first kappa shape index (κ1) is 18.0. The Morgan fingerprint density at radius 1 is 0.923 bits per heavy atom. The molecular formula is C19H29ClN6. The lowest BCUT2D eigenvalue weighted by Gasteiger charge is -2.19. The number of halogens is 1. The minimum absolute atomic E-state index is 0.706. The Hall–Kier alpha value is -1.37. The van der Waals surface area contributed by atoms with Gasteiger partial charge in [-0.3, -0.25) is 19.2 Å². The van der Waals surface area contributed by atoms with Crippen molar-refractivity contribution < 1.29 is 0 Å². The fraction of sp³-hybridized carbons (Fsp3) is 0.684. The summed E-state index contributed by atoms with van der Waals surface area (Å²) in [5, 5.41) is 9.89. The lowest BCUT2D eigenvalue weighted by atomic mass is 10.2. The van der Waals surface area contributed by atoms with Crippen LogP contribution in [0.15, 0.2) is 18.5 Å². The summed E-state index contributed by atoms with van der Waals surface area (Å²) in [4.78, 5) is 5.08. The van der Waals surface area contributed by atoms with Gasteiger partial charge in [-0.25, -0.2) is 0 Å². The van der Waals surface area contributed by atoms with E-state index in [0.717, 1.165) is 45.7 Å². The molecule has 2 aromatic heterocycles. The average Bonchev–Trinajstić information content (AvgIpc) is 3.03. The van der Waals surface area contributed by atoms with Gasteiger partial charge in [-0.15, -0.1) is 0 Å². The van der Waals surface area contributed by atoms with Crippen molar-refractivity contribution in [1.82, 2.24) is 29.4 Å². The largest absolute Gasteiger partial charge is 0.297 e. The van der Waals surface area contributed by atoms with E-state index in [2.05, 4.69) is 25.6 Å². The molecule has 0 bridgehead atoms. The molecule has 26 heavy (non-hydrogen) atoms. The highest BCUT2D eigenvalue weighted by Gasteiger charge is 2.18. The Labute approximate surface area is 160 Å². The highest BCUT2D eigenvalue weighted by molar-refractivity contribution is 6.30. The average molecular weight is 377 g/mol. The Balaban J connectivity index is 1.35. The summed E-state index contributed by atoms with van der Waals surface area (Å²) >= 11 is 5.96. The van der Waals surface area contributed by atoms with Crippen LogP contribution in [0.1, 0.15) is 43.5 Å². The second kappa shape index (κ2) is 8.55. The van der Waals surface area contributed by atoms with Crippen LogP contribution in [-0.2, 0) is 26.2 Å². The van der Waals surface area contributed by atoms with Crippen LogP contribution in [0, 0.1) is 0 Å². The molecule has 0 atom stereocenters. The van der Waals surface area contributed by atoms with Crippen LogP contribution >= 0.6 is 11.6 Å². The zero-order chi connectivity index (χ0) is 17.8. The van der Waals surface area contributed by atoms with Gasteiger partial charge in [0.25, 0.3) is 0 Å². The van der Waals surface area contributed by atoms with Crippen molar-refractivity contribution >= 4 is 11.6 Å². The van der Waals surface area contributed by atoms with E-state index in [1.165, 1.54) is 50.2 Å². The van der Waals surface area contributed by atoms with Crippen molar-refractivity contribution in [3.05, 3.63) is 34.9 Å².